The van der Waals surface area contributed by atoms with Gasteiger partial charge < -0.3 is 19.9 Å². The molecule has 1 aliphatic rings. The van der Waals surface area contributed by atoms with Crippen molar-refractivity contribution in [3.05, 3.63) is 17.7 Å². The van der Waals surface area contributed by atoms with Crippen LogP contribution in [0.4, 0.5) is 4.79 Å². The van der Waals surface area contributed by atoms with Crippen molar-refractivity contribution in [1.29, 1.82) is 0 Å². The highest BCUT2D eigenvalue weighted by Gasteiger charge is 2.27. The minimum Gasteiger partial charge on any atom is -0.444 e. The minimum absolute atomic E-state index is 0.280. The molecule has 6 heteroatoms. The molecule has 2 N–H and O–H groups in total. The monoisotopic (exact) mass is 252 g/mol. The number of carbonyl (C=O) groups is 1. The van der Waals surface area contributed by atoms with Gasteiger partial charge in [-0.05, 0) is 20.8 Å². The number of nitrogens with two attached hydrogens (primary N) is 1. The smallest absolute Gasteiger partial charge is 0.410 e. The average molecular weight is 252 g/mol. The third-order valence-electron chi connectivity index (χ3n) is 2.83. The van der Waals surface area contributed by atoms with Crippen LogP contribution < -0.4 is 5.73 Å². The molecular weight excluding hydrogens is 232 g/mol. The van der Waals surface area contributed by atoms with Gasteiger partial charge in [0.2, 0.25) is 0 Å². The van der Waals surface area contributed by atoms with E-state index in [9.17, 15) is 4.79 Å². The Labute approximate surface area is 107 Å². The van der Waals surface area contributed by atoms with E-state index in [1.807, 2.05) is 25.3 Å². The Kier molecular flexibility index (Phi) is 3.30. The zero-order valence-corrected chi connectivity index (χ0v) is 11.1. The summed E-state index contributed by atoms with van der Waals surface area (Å²) in [6.45, 7) is 7.88. The van der Waals surface area contributed by atoms with Crippen LogP contribution in [-0.2, 0) is 24.4 Å². The van der Waals surface area contributed by atoms with Crippen LogP contribution in [0.3, 0.4) is 0 Å². The predicted octanol–water partition coefficient (Wildman–Crippen LogP) is 1.09. The van der Waals surface area contributed by atoms with E-state index in [2.05, 4.69) is 4.98 Å². The zero-order chi connectivity index (χ0) is 13.3. The van der Waals surface area contributed by atoms with Gasteiger partial charge in [0.05, 0.1) is 24.3 Å². The molecule has 0 saturated carbocycles. The van der Waals surface area contributed by atoms with Crippen LogP contribution in [0, 0.1) is 0 Å². The number of amides is 1. The summed E-state index contributed by atoms with van der Waals surface area (Å²) in [5, 5.41) is 0. The summed E-state index contributed by atoms with van der Waals surface area (Å²) < 4.78 is 7.41. The summed E-state index contributed by atoms with van der Waals surface area (Å²) >= 11 is 0. The lowest BCUT2D eigenvalue weighted by Gasteiger charge is -2.31. The third-order valence-corrected chi connectivity index (χ3v) is 2.83. The number of fused-ring (bicyclic) bond motifs is 1. The molecule has 0 unspecified atom stereocenters. The van der Waals surface area contributed by atoms with E-state index in [1.54, 1.807) is 11.2 Å². The molecule has 0 aliphatic carbocycles. The fourth-order valence-corrected chi connectivity index (χ4v) is 1.97. The van der Waals surface area contributed by atoms with E-state index in [0.717, 1.165) is 17.9 Å². The van der Waals surface area contributed by atoms with Crippen LogP contribution in [0.15, 0.2) is 6.33 Å². The van der Waals surface area contributed by atoms with E-state index in [0.29, 0.717) is 19.6 Å². The Morgan fingerprint density at radius 1 is 1.50 bits per heavy atom. The standard InChI is InChI=1S/C12H20N4O2/c1-12(2,3)18-11(17)15-4-5-16-8-14-9(6-13)10(16)7-15/h8H,4-7,13H2,1-3H3. The van der Waals surface area contributed by atoms with Gasteiger partial charge in [-0.15, -0.1) is 0 Å². The largest absolute Gasteiger partial charge is 0.444 e. The fourth-order valence-electron chi connectivity index (χ4n) is 1.97. The van der Waals surface area contributed by atoms with Crippen molar-refractivity contribution in [1.82, 2.24) is 14.5 Å². The Hall–Kier alpha value is -1.56. The van der Waals surface area contributed by atoms with Gasteiger partial charge in [0, 0.05) is 19.6 Å². The third kappa shape index (κ3) is 2.64. The summed E-state index contributed by atoms with van der Waals surface area (Å²) in [6.07, 6.45) is 1.50. The quantitative estimate of drug-likeness (QED) is 0.812. The van der Waals surface area contributed by atoms with E-state index in [-0.39, 0.29) is 6.09 Å². The topological polar surface area (TPSA) is 73.4 Å². The van der Waals surface area contributed by atoms with Gasteiger partial charge in [-0.25, -0.2) is 9.78 Å². The van der Waals surface area contributed by atoms with Crippen molar-refractivity contribution in [3.8, 4) is 0 Å². The SMILES string of the molecule is CC(C)(C)OC(=O)N1CCn2cnc(CN)c2C1. The molecule has 100 valence electrons. The number of aromatic nitrogens is 2. The first-order valence-corrected chi connectivity index (χ1v) is 6.11. The van der Waals surface area contributed by atoms with Gasteiger partial charge in [0.15, 0.2) is 0 Å². The second-order valence-electron chi connectivity index (χ2n) is 5.44. The van der Waals surface area contributed by atoms with Crippen LogP contribution in [-0.4, -0.2) is 32.7 Å². The lowest BCUT2D eigenvalue weighted by atomic mass is 10.2. The number of rotatable bonds is 1. The van der Waals surface area contributed by atoms with Crippen molar-refractivity contribution >= 4 is 6.09 Å². The first kappa shape index (κ1) is 12.9. The van der Waals surface area contributed by atoms with Crippen molar-refractivity contribution in [2.75, 3.05) is 6.54 Å². The molecule has 18 heavy (non-hydrogen) atoms. The Morgan fingerprint density at radius 2 is 2.22 bits per heavy atom. The molecule has 1 aromatic rings. The van der Waals surface area contributed by atoms with Crippen molar-refractivity contribution < 1.29 is 9.53 Å². The van der Waals surface area contributed by atoms with Crippen LogP contribution in [0.25, 0.3) is 0 Å². The minimum atomic E-state index is -0.467. The summed E-state index contributed by atoms with van der Waals surface area (Å²) in [5.41, 5.74) is 7.02. The number of ether oxygens (including phenoxy) is 1. The Balaban J connectivity index is 2.09. The van der Waals surface area contributed by atoms with Crippen LogP contribution in [0.5, 0.6) is 0 Å². The first-order chi connectivity index (χ1) is 8.40. The molecule has 0 atom stereocenters. The summed E-state index contributed by atoms with van der Waals surface area (Å²) in [5.74, 6) is 0. The van der Waals surface area contributed by atoms with Crippen molar-refractivity contribution in [3.63, 3.8) is 0 Å². The van der Waals surface area contributed by atoms with E-state index in [4.69, 9.17) is 10.5 Å². The van der Waals surface area contributed by atoms with Gasteiger partial charge in [-0.3, -0.25) is 0 Å². The summed E-state index contributed by atoms with van der Waals surface area (Å²) in [6, 6.07) is 0. The summed E-state index contributed by atoms with van der Waals surface area (Å²) in [4.78, 5) is 17.9. The van der Waals surface area contributed by atoms with Gasteiger partial charge in [-0.1, -0.05) is 0 Å². The highest BCUT2D eigenvalue weighted by atomic mass is 16.6. The van der Waals surface area contributed by atoms with E-state index in [1.165, 1.54) is 0 Å². The van der Waals surface area contributed by atoms with Gasteiger partial charge >= 0.3 is 6.09 Å². The molecular formula is C12H20N4O2. The first-order valence-electron chi connectivity index (χ1n) is 6.11. The van der Waals surface area contributed by atoms with Gasteiger partial charge in [0.25, 0.3) is 0 Å². The average Bonchev–Trinajstić information content (AvgIpc) is 2.68. The van der Waals surface area contributed by atoms with Gasteiger partial charge in [-0.2, -0.15) is 0 Å². The number of imidazole rings is 1. The number of carbonyl (C=O) groups excluding carboxylic acids is 1. The van der Waals surface area contributed by atoms with Crippen molar-refractivity contribution in [2.45, 2.75) is 46.0 Å². The molecule has 0 radical (unpaired) electrons. The van der Waals surface area contributed by atoms with Crippen LogP contribution in [0.2, 0.25) is 0 Å². The molecule has 6 nitrogen and oxygen atoms in total. The second-order valence-corrected chi connectivity index (χ2v) is 5.44. The fraction of sp³-hybridized carbons (Fsp3) is 0.667. The van der Waals surface area contributed by atoms with E-state index < -0.39 is 5.60 Å². The Bertz CT molecular complexity index is 434. The maximum Gasteiger partial charge on any atom is 0.410 e. The molecule has 1 aromatic heterocycles. The number of hydrogen-bond donors (Lipinski definition) is 1. The molecule has 0 bridgehead atoms. The maximum absolute atomic E-state index is 12.0. The zero-order valence-electron chi connectivity index (χ0n) is 11.1. The number of nitrogens with zero attached hydrogens (tertiary/aromatic N) is 3. The van der Waals surface area contributed by atoms with Gasteiger partial charge in [0.1, 0.15) is 5.60 Å². The Morgan fingerprint density at radius 3 is 2.83 bits per heavy atom. The summed E-state index contributed by atoms with van der Waals surface area (Å²) in [7, 11) is 0. The normalized spacial score (nSPS) is 15.4. The maximum atomic E-state index is 12.0. The lowest BCUT2D eigenvalue weighted by molar-refractivity contribution is 0.0198. The van der Waals surface area contributed by atoms with Crippen LogP contribution in [0.1, 0.15) is 32.2 Å². The van der Waals surface area contributed by atoms with E-state index >= 15 is 0 Å². The van der Waals surface area contributed by atoms with Crippen LogP contribution >= 0.6 is 0 Å². The predicted molar refractivity (Wildman–Crippen MR) is 66.8 cm³/mol. The molecule has 0 spiro atoms. The highest BCUT2D eigenvalue weighted by Crippen LogP contribution is 2.18. The highest BCUT2D eigenvalue weighted by molar-refractivity contribution is 5.68. The molecule has 0 saturated heterocycles. The molecule has 2 heterocycles. The van der Waals surface area contributed by atoms with Crippen molar-refractivity contribution in [2.24, 2.45) is 5.73 Å². The second kappa shape index (κ2) is 4.61. The lowest BCUT2D eigenvalue weighted by Crippen LogP contribution is -2.41. The molecule has 1 amide bonds. The molecule has 0 fully saturated rings. The molecule has 2 rings (SSSR count). The number of hydrogen-bond acceptors (Lipinski definition) is 4. The molecule has 0 aromatic carbocycles. The molecule has 1 aliphatic heterocycles.